The number of benzene rings is 1. The minimum absolute atomic E-state index is 0.0133. The van der Waals surface area contributed by atoms with Gasteiger partial charge in [-0.15, -0.1) is 24.0 Å². The number of rotatable bonds is 4. The van der Waals surface area contributed by atoms with E-state index < -0.39 is 0 Å². The standard InChI is InChI=1S/C11H9NO2S2/c13-10(11-12-5-6-16-11)7-14-8-1-3-9(15)4-2-8/h1-6,15H,7H2. The fourth-order valence-corrected chi connectivity index (χ4v) is 1.83. The summed E-state index contributed by atoms with van der Waals surface area (Å²) in [4.78, 5) is 16.3. The van der Waals surface area contributed by atoms with Gasteiger partial charge in [-0.25, -0.2) is 4.98 Å². The van der Waals surface area contributed by atoms with E-state index in [1.165, 1.54) is 11.3 Å². The Morgan fingerprint density at radius 3 is 2.75 bits per heavy atom. The van der Waals surface area contributed by atoms with E-state index in [1.54, 1.807) is 23.7 Å². The first-order valence-electron chi connectivity index (χ1n) is 4.60. The van der Waals surface area contributed by atoms with Crippen LogP contribution >= 0.6 is 24.0 Å². The minimum atomic E-state index is -0.107. The second-order valence-electron chi connectivity index (χ2n) is 3.04. The molecule has 0 saturated heterocycles. The molecule has 1 aromatic carbocycles. The molecule has 0 saturated carbocycles. The highest BCUT2D eigenvalue weighted by molar-refractivity contribution is 7.80. The van der Waals surface area contributed by atoms with E-state index in [0.717, 1.165) is 4.90 Å². The summed E-state index contributed by atoms with van der Waals surface area (Å²) >= 11 is 5.47. The lowest BCUT2D eigenvalue weighted by atomic mass is 10.3. The maximum Gasteiger partial charge on any atom is 0.228 e. The summed E-state index contributed by atoms with van der Waals surface area (Å²) in [6.45, 7) is 0.0133. The smallest absolute Gasteiger partial charge is 0.228 e. The highest BCUT2D eigenvalue weighted by Gasteiger charge is 2.08. The molecule has 0 spiro atoms. The van der Waals surface area contributed by atoms with Gasteiger partial charge in [0.1, 0.15) is 5.75 Å². The Morgan fingerprint density at radius 2 is 2.12 bits per heavy atom. The molecular formula is C11H9NO2S2. The van der Waals surface area contributed by atoms with Gasteiger partial charge < -0.3 is 4.74 Å². The number of ketones is 1. The van der Waals surface area contributed by atoms with Crippen LogP contribution in [0.1, 0.15) is 9.80 Å². The largest absolute Gasteiger partial charge is 0.485 e. The molecular weight excluding hydrogens is 242 g/mol. The molecule has 16 heavy (non-hydrogen) atoms. The minimum Gasteiger partial charge on any atom is -0.485 e. The van der Waals surface area contributed by atoms with E-state index in [9.17, 15) is 4.79 Å². The average Bonchev–Trinajstić information content (AvgIpc) is 2.81. The van der Waals surface area contributed by atoms with Gasteiger partial charge in [-0.05, 0) is 24.3 Å². The molecule has 0 radical (unpaired) electrons. The molecule has 0 unspecified atom stereocenters. The van der Waals surface area contributed by atoms with Gasteiger partial charge in [0.15, 0.2) is 11.6 Å². The molecule has 0 atom stereocenters. The number of carbonyl (C=O) groups is 1. The molecule has 0 amide bonds. The van der Waals surface area contributed by atoms with Crippen molar-refractivity contribution in [2.75, 3.05) is 6.61 Å². The third kappa shape index (κ3) is 2.84. The Bertz CT molecular complexity index is 465. The monoisotopic (exact) mass is 251 g/mol. The summed E-state index contributed by atoms with van der Waals surface area (Å²) in [5.41, 5.74) is 0. The fourth-order valence-electron chi connectivity index (χ4n) is 1.11. The quantitative estimate of drug-likeness (QED) is 0.671. The lowest BCUT2D eigenvalue weighted by Gasteiger charge is -2.03. The summed E-state index contributed by atoms with van der Waals surface area (Å²) < 4.78 is 5.33. The predicted molar refractivity (Wildman–Crippen MR) is 65.6 cm³/mol. The average molecular weight is 251 g/mol. The molecule has 1 heterocycles. The summed E-state index contributed by atoms with van der Waals surface area (Å²) in [7, 11) is 0. The first-order valence-corrected chi connectivity index (χ1v) is 5.93. The van der Waals surface area contributed by atoms with Crippen molar-refractivity contribution in [2.24, 2.45) is 0 Å². The summed E-state index contributed by atoms with van der Waals surface area (Å²) in [6, 6.07) is 7.17. The van der Waals surface area contributed by atoms with Gasteiger partial charge in [-0.3, -0.25) is 4.79 Å². The van der Waals surface area contributed by atoms with Gasteiger partial charge in [-0.1, -0.05) is 0 Å². The molecule has 0 aliphatic heterocycles. The van der Waals surface area contributed by atoms with Crippen molar-refractivity contribution in [3.8, 4) is 5.75 Å². The van der Waals surface area contributed by atoms with Gasteiger partial charge in [0, 0.05) is 16.5 Å². The van der Waals surface area contributed by atoms with E-state index in [-0.39, 0.29) is 12.4 Å². The van der Waals surface area contributed by atoms with Crippen molar-refractivity contribution < 1.29 is 9.53 Å². The Balaban J connectivity index is 1.93. The molecule has 1 aromatic heterocycles. The third-order valence-corrected chi connectivity index (χ3v) is 2.99. The van der Waals surface area contributed by atoms with Crippen LogP contribution in [0.25, 0.3) is 0 Å². The molecule has 0 N–H and O–H groups in total. The number of thiol groups is 1. The van der Waals surface area contributed by atoms with Crippen molar-refractivity contribution in [3.05, 3.63) is 40.8 Å². The summed E-state index contributed by atoms with van der Waals surface area (Å²) in [6.07, 6.45) is 1.60. The lowest BCUT2D eigenvalue weighted by molar-refractivity contribution is 0.0921. The number of ether oxygens (including phenoxy) is 1. The molecule has 0 aliphatic rings. The zero-order valence-electron chi connectivity index (χ0n) is 8.29. The molecule has 2 rings (SSSR count). The number of Topliss-reactive ketones (excluding diaryl/α,β-unsaturated/α-hetero) is 1. The number of nitrogens with zero attached hydrogens (tertiary/aromatic N) is 1. The molecule has 0 bridgehead atoms. The molecule has 3 nitrogen and oxygen atoms in total. The van der Waals surface area contributed by atoms with E-state index in [4.69, 9.17) is 4.74 Å². The van der Waals surface area contributed by atoms with Crippen molar-refractivity contribution in [2.45, 2.75) is 4.90 Å². The van der Waals surface area contributed by atoms with Crippen LogP contribution in [-0.2, 0) is 0 Å². The predicted octanol–water partition coefficient (Wildman–Crippen LogP) is 2.69. The number of hydrogen-bond acceptors (Lipinski definition) is 5. The van der Waals surface area contributed by atoms with Gasteiger partial charge >= 0.3 is 0 Å². The number of aromatic nitrogens is 1. The molecule has 0 fully saturated rings. The van der Waals surface area contributed by atoms with Crippen molar-refractivity contribution >= 4 is 29.7 Å². The fraction of sp³-hybridized carbons (Fsp3) is 0.0909. The van der Waals surface area contributed by atoms with Crippen molar-refractivity contribution in [3.63, 3.8) is 0 Å². The van der Waals surface area contributed by atoms with Crippen LogP contribution in [0.5, 0.6) is 5.75 Å². The zero-order chi connectivity index (χ0) is 11.4. The molecule has 5 heteroatoms. The van der Waals surface area contributed by atoms with Crippen LogP contribution < -0.4 is 4.74 Å². The van der Waals surface area contributed by atoms with Gasteiger partial charge in [0.25, 0.3) is 0 Å². The van der Waals surface area contributed by atoms with E-state index in [1.807, 2.05) is 12.1 Å². The second kappa shape index (κ2) is 5.14. The SMILES string of the molecule is O=C(COc1ccc(S)cc1)c1nccs1. The maximum atomic E-state index is 11.6. The Hall–Kier alpha value is -1.33. The van der Waals surface area contributed by atoms with Crippen molar-refractivity contribution in [1.82, 2.24) is 4.98 Å². The maximum absolute atomic E-state index is 11.6. The second-order valence-corrected chi connectivity index (χ2v) is 4.45. The molecule has 0 aliphatic carbocycles. The van der Waals surface area contributed by atoms with E-state index >= 15 is 0 Å². The lowest BCUT2D eigenvalue weighted by Crippen LogP contribution is -2.11. The van der Waals surface area contributed by atoms with Gasteiger partial charge in [-0.2, -0.15) is 0 Å². The van der Waals surface area contributed by atoms with Crippen LogP contribution in [-0.4, -0.2) is 17.4 Å². The topological polar surface area (TPSA) is 39.2 Å². The number of thiazole rings is 1. The first kappa shape index (κ1) is 11.2. The zero-order valence-corrected chi connectivity index (χ0v) is 10.0. The molecule has 82 valence electrons. The van der Waals surface area contributed by atoms with Crippen molar-refractivity contribution in [1.29, 1.82) is 0 Å². The van der Waals surface area contributed by atoms with Crippen LogP contribution in [0.3, 0.4) is 0 Å². The van der Waals surface area contributed by atoms with E-state index in [2.05, 4.69) is 17.6 Å². The van der Waals surface area contributed by atoms with Gasteiger partial charge in [0.2, 0.25) is 5.78 Å². The van der Waals surface area contributed by atoms with Crippen LogP contribution in [0, 0.1) is 0 Å². The van der Waals surface area contributed by atoms with Crippen LogP contribution in [0.2, 0.25) is 0 Å². The highest BCUT2D eigenvalue weighted by atomic mass is 32.1. The van der Waals surface area contributed by atoms with Crippen LogP contribution in [0.15, 0.2) is 40.7 Å². The third-order valence-electron chi connectivity index (χ3n) is 1.88. The first-order chi connectivity index (χ1) is 7.75. The summed E-state index contributed by atoms with van der Waals surface area (Å²) in [5.74, 6) is 0.549. The normalized spacial score (nSPS) is 10.1. The highest BCUT2D eigenvalue weighted by Crippen LogP contribution is 2.15. The Kier molecular flexibility index (Phi) is 3.58. The van der Waals surface area contributed by atoms with Crippen LogP contribution in [0.4, 0.5) is 0 Å². The van der Waals surface area contributed by atoms with E-state index in [0.29, 0.717) is 10.8 Å². The molecule has 2 aromatic rings. The Morgan fingerprint density at radius 1 is 1.38 bits per heavy atom. The number of hydrogen-bond donors (Lipinski definition) is 1. The summed E-state index contributed by atoms with van der Waals surface area (Å²) in [5, 5.41) is 2.24. The van der Waals surface area contributed by atoms with Gasteiger partial charge in [0.05, 0.1) is 0 Å². The Labute approximate surface area is 103 Å². The number of carbonyl (C=O) groups excluding carboxylic acids is 1.